The highest BCUT2D eigenvalue weighted by Gasteiger charge is 2.03. The first-order chi connectivity index (χ1) is 4.16. The molecule has 0 amide bonds. The van der Waals surface area contributed by atoms with Crippen LogP contribution >= 0.6 is 0 Å². The van der Waals surface area contributed by atoms with Crippen LogP contribution in [-0.4, -0.2) is 5.97 Å². The Balaban J connectivity index is 3.51. The molecule has 0 heterocycles. The fourth-order valence-corrected chi connectivity index (χ4v) is 0.309. The summed E-state index contributed by atoms with van der Waals surface area (Å²) in [7, 11) is 0. The zero-order chi connectivity index (χ0) is 7.28. The number of carbonyl (C=O) groups excluding carboxylic acids is 1. The third-order valence-electron chi connectivity index (χ3n) is 0.544. The Bertz CT molecular complexity index is 118. The summed E-state index contributed by atoms with van der Waals surface area (Å²) in [5, 5.41) is 0. The Hall–Kier alpha value is -0.860. The Morgan fingerprint density at radius 1 is 1.67 bits per heavy atom. The van der Waals surface area contributed by atoms with E-state index in [4.69, 9.17) is 0 Å². The maximum atomic E-state index is 11.7. The van der Waals surface area contributed by atoms with Gasteiger partial charge in [0, 0.05) is 13.0 Å². The van der Waals surface area contributed by atoms with Crippen LogP contribution in [0.15, 0.2) is 12.2 Å². The van der Waals surface area contributed by atoms with Crippen molar-refractivity contribution in [1.82, 2.24) is 0 Å². The van der Waals surface area contributed by atoms with Crippen molar-refractivity contribution < 1.29 is 13.9 Å². The van der Waals surface area contributed by atoms with E-state index in [2.05, 4.69) is 4.74 Å². The molecule has 3 heteroatoms. The summed E-state index contributed by atoms with van der Waals surface area (Å²) in [6.45, 7) is 2.72. The molecule has 0 spiro atoms. The van der Waals surface area contributed by atoms with Crippen LogP contribution in [-0.2, 0) is 9.53 Å². The van der Waals surface area contributed by atoms with Gasteiger partial charge in [-0.3, -0.25) is 0 Å². The first kappa shape index (κ1) is 8.14. The van der Waals surface area contributed by atoms with Gasteiger partial charge in [0.2, 0.25) is 0 Å². The molecule has 51 valence electrons. The van der Waals surface area contributed by atoms with Gasteiger partial charge in [-0.05, 0) is 6.92 Å². The smallest absolute Gasteiger partial charge is 0.333 e. The molecule has 0 bridgehead atoms. The number of ether oxygens (including phenoxy) is 1. The summed E-state index contributed by atoms with van der Waals surface area (Å²) in [4.78, 5) is 10.3. The average molecular weight is 131 g/mol. The van der Waals surface area contributed by atoms with Crippen LogP contribution in [0.1, 0.15) is 13.8 Å². The third-order valence-corrected chi connectivity index (χ3v) is 0.544. The predicted molar refractivity (Wildman–Crippen MR) is 30.9 cm³/mol. The number of hydrogen-bond donors (Lipinski definition) is 0. The molecule has 1 radical (unpaired) electrons. The fourth-order valence-electron chi connectivity index (χ4n) is 0.309. The summed E-state index contributed by atoms with van der Waals surface area (Å²) >= 11 is 0. The normalized spacial score (nSPS) is 10.7. The topological polar surface area (TPSA) is 26.3 Å². The number of halogens is 1. The Morgan fingerprint density at radius 2 is 2.22 bits per heavy atom. The molecule has 0 aromatic rings. The number of esters is 1. The monoisotopic (exact) mass is 131 g/mol. The van der Waals surface area contributed by atoms with Crippen molar-refractivity contribution in [3.63, 3.8) is 0 Å². The summed E-state index contributed by atoms with van der Waals surface area (Å²) < 4.78 is 15.7. The largest absolute Gasteiger partial charge is 0.418 e. The molecular formula is C6H8FO2. The lowest BCUT2D eigenvalue weighted by Gasteiger charge is -1.96. The lowest BCUT2D eigenvalue weighted by Crippen LogP contribution is -2.00. The predicted octanol–water partition coefficient (Wildman–Crippen LogP) is 1.58. The lowest BCUT2D eigenvalue weighted by atomic mass is 10.5. The number of allylic oxidation sites excluding steroid dienone is 1. The van der Waals surface area contributed by atoms with Crippen LogP contribution in [0, 0.1) is 6.36 Å². The van der Waals surface area contributed by atoms with E-state index < -0.39 is 12.3 Å². The highest BCUT2D eigenvalue weighted by atomic mass is 19.1. The van der Waals surface area contributed by atoms with Gasteiger partial charge in [-0.15, -0.1) is 0 Å². The number of rotatable bonds is 2. The van der Waals surface area contributed by atoms with Gasteiger partial charge >= 0.3 is 12.3 Å². The standard InChI is InChI=1S/C6H8FO2/c1-3-4-6(8)9-5(2)7/h3-4H,1-2H3. The van der Waals surface area contributed by atoms with E-state index in [0.717, 1.165) is 13.0 Å². The summed E-state index contributed by atoms with van der Waals surface area (Å²) in [5.41, 5.74) is 0. The first-order valence-corrected chi connectivity index (χ1v) is 2.50. The Morgan fingerprint density at radius 3 is 2.56 bits per heavy atom. The molecule has 0 aliphatic rings. The second-order valence-electron chi connectivity index (χ2n) is 1.39. The molecule has 9 heavy (non-hydrogen) atoms. The van der Waals surface area contributed by atoms with Crippen LogP contribution in [0.25, 0.3) is 0 Å². The van der Waals surface area contributed by atoms with Crippen LogP contribution < -0.4 is 0 Å². The van der Waals surface area contributed by atoms with E-state index in [0.29, 0.717) is 0 Å². The van der Waals surface area contributed by atoms with Crippen LogP contribution in [0.3, 0.4) is 0 Å². The SMILES string of the molecule is CC=CC(=O)O[C](C)F. The fraction of sp³-hybridized carbons (Fsp3) is 0.333. The van der Waals surface area contributed by atoms with E-state index in [1.165, 1.54) is 6.08 Å². The van der Waals surface area contributed by atoms with E-state index in [-0.39, 0.29) is 0 Å². The molecule has 0 N–H and O–H groups in total. The Kier molecular flexibility index (Phi) is 3.67. The number of hydrogen-bond acceptors (Lipinski definition) is 2. The maximum Gasteiger partial charge on any atom is 0.333 e. The molecule has 0 aliphatic heterocycles. The zero-order valence-corrected chi connectivity index (χ0v) is 5.35. The van der Waals surface area contributed by atoms with E-state index in [1.54, 1.807) is 6.92 Å². The molecule has 0 saturated heterocycles. The minimum atomic E-state index is -0.835. The average Bonchev–Trinajstić information content (AvgIpc) is 1.63. The molecule has 0 rings (SSSR count). The van der Waals surface area contributed by atoms with E-state index in [9.17, 15) is 9.18 Å². The van der Waals surface area contributed by atoms with Crippen molar-refractivity contribution in [2.24, 2.45) is 0 Å². The van der Waals surface area contributed by atoms with Crippen molar-refractivity contribution in [2.45, 2.75) is 13.8 Å². The van der Waals surface area contributed by atoms with Gasteiger partial charge in [0.25, 0.3) is 0 Å². The quantitative estimate of drug-likeness (QED) is 0.420. The van der Waals surface area contributed by atoms with Crippen LogP contribution in [0.2, 0.25) is 0 Å². The minimum absolute atomic E-state index is 0.683. The summed E-state index contributed by atoms with van der Waals surface area (Å²) in [6.07, 6.45) is 1.78. The lowest BCUT2D eigenvalue weighted by molar-refractivity contribution is -0.140. The summed E-state index contributed by atoms with van der Waals surface area (Å²) in [6, 6.07) is 0. The van der Waals surface area contributed by atoms with Crippen LogP contribution in [0.4, 0.5) is 4.39 Å². The third kappa shape index (κ3) is 5.00. The van der Waals surface area contributed by atoms with Gasteiger partial charge < -0.3 is 4.74 Å². The maximum absolute atomic E-state index is 11.7. The zero-order valence-electron chi connectivity index (χ0n) is 5.35. The molecule has 0 atom stereocenters. The van der Waals surface area contributed by atoms with Gasteiger partial charge in [0.05, 0.1) is 0 Å². The first-order valence-electron chi connectivity index (χ1n) is 2.50. The molecule has 0 unspecified atom stereocenters. The summed E-state index contributed by atoms with van der Waals surface area (Å²) in [5.74, 6) is -0.683. The van der Waals surface area contributed by atoms with Gasteiger partial charge in [-0.2, -0.15) is 4.39 Å². The van der Waals surface area contributed by atoms with Gasteiger partial charge in [0.1, 0.15) is 0 Å². The second kappa shape index (κ2) is 4.06. The molecule has 0 aromatic heterocycles. The molecule has 0 saturated carbocycles. The molecular weight excluding hydrogens is 123 g/mol. The highest BCUT2D eigenvalue weighted by molar-refractivity contribution is 5.82. The Labute approximate surface area is 53.3 Å². The number of carbonyl (C=O) groups is 1. The van der Waals surface area contributed by atoms with Crippen molar-refractivity contribution >= 4 is 5.97 Å². The minimum Gasteiger partial charge on any atom is -0.418 e. The van der Waals surface area contributed by atoms with Gasteiger partial charge in [-0.1, -0.05) is 6.08 Å². The highest BCUT2D eigenvalue weighted by Crippen LogP contribution is 2.00. The van der Waals surface area contributed by atoms with Crippen LogP contribution in [0.5, 0.6) is 0 Å². The van der Waals surface area contributed by atoms with E-state index in [1.807, 2.05) is 0 Å². The van der Waals surface area contributed by atoms with Crippen molar-refractivity contribution in [1.29, 1.82) is 0 Å². The molecule has 0 fully saturated rings. The van der Waals surface area contributed by atoms with Crippen molar-refractivity contribution in [3.05, 3.63) is 18.5 Å². The van der Waals surface area contributed by atoms with Crippen molar-refractivity contribution in [2.75, 3.05) is 0 Å². The van der Waals surface area contributed by atoms with E-state index >= 15 is 0 Å². The van der Waals surface area contributed by atoms with Gasteiger partial charge in [-0.25, -0.2) is 4.79 Å². The molecule has 0 aliphatic carbocycles. The second-order valence-corrected chi connectivity index (χ2v) is 1.39. The molecule has 2 nitrogen and oxygen atoms in total. The van der Waals surface area contributed by atoms with Crippen molar-refractivity contribution in [3.8, 4) is 0 Å². The van der Waals surface area contributed by atoms with Gasteiger partial charge in [0.15, 0.2) is 0 Å². The molecule has 0 aromatic carbocycles.